The van der Waals surface area contributed by atoms with E-state index in [2.05, 4.69) is 11.8 Å². The fourth-order valence-corrected chi connectivity index (χ4v) is 2.71. The molecule has 0 spiro atoms. The Morgan fingerprint density at radius 2 is 2.00 bits per heavy atom. The number of halogens is 1. The number of carbonyl (C=O) groups is 1. The summed E-state index contributed by atoms with van der Waals surface area (Å²) < 4.78 is 30.5. The van der Waals surface area contributed by atoms with E-state index >= 15 is 0 Å². The van der Waals surface area contributed by atoms with E-state index in [0.717, 1.165) is 0 Å². The number of carbonyl (C=O) groups excluding carboxylic acids is 1. The van der Waals surface area contributed by atoms with E-state index in [1.807, 2.05) is 27.7 Å². The van der Waals surface area contributed by atoms with Gasteiger partial charge in [-0.25, -0.2) is 9.18 Å². The van der Waals surface area contributed by atoms with Gasteiger partial charge in [0.15, 0.2) is 0 Å². The second-order valence-corrected chi connectivity index (χ2v) is 7.27. The first-order valence-corrected chi connectivity index (χ1v) is 8.52. The van der Waals surface area contributed by atoms with Gasteiger partial charge in [0.1, 0.15) is 5.73 Å². The van der Waals surface area contributed by atoms with E-state index in [-0.39, 0.29) is 6.61 Å². The maximum Gasteiger partial charge on any atom is 0.525 e. The highest BCUT2D eigenvalue weighted by molar-refractivity contribution is 7.11. The average molecular weight is 350 g/mol. The van der Waals surface area contributed by atoms with Crippen LogP contribution in [0.15, 0.2) is 17.2 Å². The number of ether oxygens (including phenoxy) is 1. The third kappa shape index (κ3) is 4.26. The Morgan fingerprint density at radius 3 is 2.58 bits per heavy atom. The van der Waals surface area contributed by atoms with Crippen molar-refractivity contribution in [1.82, 2.24) is 0 Å². The second kappa shape index (κ2) is 7.10. The van der Waals surface area contributed by atoms with Gasteiger partial charge in [-0.05, 0) is 46.8 Å². The predicted molar refractivity (Wildman–Crippen MR) is 93.0 cm³/mol. The fourth-order valence-electron chi connectivity index (χ4n) is 1.94. The second-order valence-electron chi connectivity index (χ2n) is 6.33. The molecule has 0 saturated carbocycles. The van der Waals surface area contributed by atoms with Crippen molar-refractivity contribution in [2.75, 3.05) is 6.61 Å². The summed E-state index contributed by atoms with van der Waals surface area (Å²) in [5.41, 5.74) is -1.05. The zero-order valence-electron chi connectivity index (χ0n) is 14.4. The van der Waals surface area contributed by atoms with Crippen molar-refractivity contribution in [3.05, 3.63) is 27.6 Å². The Kier molecular flexibility index (Phi) is 5.54. The molecule has 7 heteroatoms. The van der Waals surface area contributed by atoms with E-state index in [9.17, 15) is 9.18 Å². The van der Waals surface area contributed by atoms with Crippen LogP contribution in [0.3, 0.4) is 0 Å². The highest BCUT2D eigenvalue weighted by atomic mass is 32.1. The van der Waals surface area contributed by atoms with E-state index < -0.39 is 30.0 Å². The Balaban J connectivity index is 2.08. The highest BCUT2D eigenvalue weighted by Gasteiger charge is 2.53. The Hall–Kier alpha value is -1.62. The van der Waals surface area contributed by atoms with Crippen LogP contribution < -0.4 is 0 Å². The molecule has 1 aliphatic rings. The summed E-state index contributed by atoms with van der Waals surface area (Å²) in [6.45, 7) is 9.47. The average Bonchev–Trinajstić information content (AvgIpc) is 2.99. The summed E-state index contributed by atoms with van der Waals surface area (Å²) >= 11 is 1.32. The first kappa shape index (κ1) is 18.7. The molecule has 128 valence electrons. The van der Waals surface area contributed by atoms with Crippen LogP contribution in [0, 0.1) is 11.8 Å². The molecule has 1 aromatic rings. The lowest BCUT2D eigenvalue weighted by atomic mass is 9.87. The standard InChI is InChI=1S/C17H20BFO4S/c1-6-21-15(20)8-7-12-9-13(24-11-12)10-14(19)18-22-16(2,3)17(4,5)23-18/h9-11H,6H2,1-5H3. The Morgan fingerprint density at radius 1 is 1.38 bits per heavy atom. The van der Waals surface area contributed by atoms with Crippen molar-refractivity contribution in [2.45, 2.75) is 45.8 Å². The van der Waals surface area contributed by atoms with E-state index in [1.54, 1.807) is 18.4 Å². The SMILES string of the molecule is CCOC(=O)C#Cc1csc(C=C(F)B2OC(C)(C)C(C)(C)O2)c1. The van der Waals surface area contributed by atoms with Gasteiger partial charge in [0, 0.05) is 21.7 Å². The summed E-state index contributed by atoms with van der Waals surface area (Å²) in [5, 5.41) is 1.75. The summed E-state index contributed by atoms with van der Waals surface area (Å²) in [7, 11) is -1.02. The maximum atomic E-state index is 14.4. The molecule has 0 amide bonds. The molecule has 1 aromatic heterocycles. The van der Waals surface area contributed by atoms with Crippen molar-refractivity contribution in [2.24, 2.45) is 0 Å². The number of hydrogen-bond acceptors (Lipinski definition) is 5. The lowest BCUT2D eigenvalue weighted by Gasteiger charge is -2.32. The summed E-state index contributed by atoms with van der Waals surface area (Å²) in [6.07, 6.45) is 1.36. The largest absolute Gasteiger partial charge is 0.525 e. The van der Waals surface area contributed by atoms with Gasteiger partial charge >= 0.3 is 13.1 Å². The predicted octanol–water partition coefficient (Wildman–Crippen LogP) is 3.60. The third-order valence-corrected chi connectivity index (χ3v) is 4.84. The van der Waals surface area contributed by atoms with E-state index in [4.69, 9.17) is 14.0 Å². The summed E-state index contributed by atoms with van der Waals surface area (Å²) in [4.78, 5) is 11.9. The van der Waals surface area contributed by atoms with Gasteiger partial charge in [-0.15, -0.1) is 11.3 Å². The monoisotopic (exact) mass is 350 g/mol. The van der Waals surface area contributed by atoms with Crippen LogP contribution in [0.4, 0.5) is 4.39 Å². The van der Waals surface area contributed by atoms with Crippen molar-refractivity contribution in [3.63, 3.8) is 0 Å². The van der Waals surface area contributed by atoms with Gasteiger partial charge in [0.25, 0.3) is 0 Å². The van der Waals surface area contributed by atoms with Crippen LogP contribution >= 0.6 is 11.3 Å². The molecule has 1 fully saturated rings. The molecule has 0 atom stereocenters. The van der Waals surface area contributed by atoms with Crippen LogP contribution in [0.25, 0.3) is 6.08 Å². The third-order valence-electron chi connectivity index (χ3n) is 3.96. The van der Waals surface area contributed by atoms with Gasteiger partial charge in [0.2, 0.25) is 0 Å². The smallest absolute Gasteiger partial charge is 0.456 e. The molecule has 0 unspecified atom stereocenters. The van der Waals surface area contributed by atoms with Crippen LogP contribution in [-0.4, -0.2) is 30.9 Å². The molecule has 2 rings (SSSR count). The first-order chi connectivity index (χ1) is 11.1. The van der Waals surface area contributed by atoms with Gasteiger partial charge < -0.3 is 14.0 Å². The summed E-state index contributed by atoms with van der Waals surface area (Å²) in [5.74, 6) is 4.49. The van der Waals surface area contributed by atoms with E-state index in [0.29, 0.717) is 10.4 Å². The molecule has 1 saturated heterocycles. The number of esters is 1. The van der Waals surface area contributed by atoms with Crippen LogP contribution in [-0.2, 0) is 18.8 Å². The van der Waals surface area contributed by atoms with Crippen LogP contribution in [0.1, 0.15) is 45.1 Å². The number of hydrogen-bond donors (Lipinski definition) is 0. The quantitative estimate of drug-likeness (QED) is 0.475. The molecule has 1 aliphatic heterocycles. The highest BCUT2D eigenvalue weighted by Crippen LogP contribution is 2.39. The molecule has 0 aromatic carbocycles. The molecular formula is C17H20BFO4S. The topological polar surface area (TPSA) is 44.8 Å². The van der Waals surface area contributed by atoms with Crippen LogP contribution in [0.5, 0.6) is 0 Å². The molecule has 0 aliphatic carbocycles. The zero-order chi connectivity index (χ0) is 18.0. The Labute approximate surface area is 146 Å². The normalized spacial score (nSPS) is 18.9. The first-order valence-electron chi connectivity index (χ1n) is 7.64. The van der Waals surface area contributed by atoms with Gasteiger partial charge in [-0.1, -0.05) is 5.92 Å². The lowest BCUT2D eigenvalue weighted by molar-refractivity contribution is -0.136. The number of thiophene rings is 1. The molecular weight excluding hydrogens is 330 g/mol. The summed E-state index contributed by atoms with van der Waals surface area (Å²) in [6, 6.07) is 1.70. The van der Waals surface area contributed by atoms with Gasteiger partial charge in [0.05, 0.1) is 17.8 Å². The van der Waals surface area contributed by atoms with Crippen molar-refractivity contribution in [1.29, 1.82) is 0 Å². The molecule has 0 bridgehead atoms. The zero-order valence-corrected chi connectivity index (χ0v) is 15.3. The number of rotatable bonds is 3. The lowest BCUT2D eigenvalue weighted by Crippen LogP contribution is -2.41. The molecule has 4 nitrogen and oxygen atoms in total. The Bertz CT molecular complexity index is 696. The van der Waals surface area contributed by atoms with Gasteiger partial charge in [-0.2, -0.15) is 0 Å². The van der Waals surface area contributed by atoms with Crippen molar-refractivity contribution in [3.8, 4) is 11.8 Å². The minimum absolute atomic E-state index is 0.282. The molecule has 2 heterocycles. The van der Waals surface area contributed by atoms with Gasteiger partial charge in [-0.3, -0.25) is 0 Å². The fraction of sp³-hybridized carbons (Fsp3) is 0.471. The van der Waals surface area contributed by atoms with Crippen LogP contribution in [0.2, 0.25) is 0 Å². The minimum Gasteiger partial charge on any atom is -0.456 e. The molecule has 0 radical (unpaired) electrons. The van der Waals surface area contributed by atoms with Crippen molar-refractivity contribution < 1.29 is 23.2 Å². The maximum absolute atomic E-state index is 14.4. The molecule has 0 N–H and O–H groups in total. The van der Waals surface area contributed by atoms with Crippen molar-refractivity contribution >= 4 is 30.5 Å². The van der Waals surface area contributed by atoms with E-state index in [1.165, 1.54) is 17.4 Å². The minimum atomic E-state index is -1.02. The molecule has 24 heavy (non-hydrogen) atoms.